The maximum atomic E-state index is 13.1. The van der Waals surface area contributed by atoms with Gasteiger partial charge in [-0.25, -0.2) is 0 Å². The van der Waals surface area contributed by atoms with E-state index in [2.05, 4.69) is 4.98 Å². The number of hydrogen-bond acceptors (Lipinski definition) is 6. The SMILES string of the molecule is COc1ccc(C2/C(=C(/O)c3ccc(Cl)cc3)C(=O)C(=O)N2c2cccnc2)cc1OC. The fourth-order valence-electron chi connectivity index (χ4n) is 3.70. The van der Waals surface area contributed by atoms with Gasteiger partial charge in [0.25, 0.3) is 11.7 Å². The van der Waals surface area contributed by atoms with E-state index in [0.29, 0.717) is 33.3 Å². The molecule has 2 heterocycles. The highest BCUT2D eigenvalue weighted by Gasteiger charge is 2.47. The molecule has 1 aliphatic rings. The molecule has 1 aliphatic heterocycles. The Morgan fingerprint density at radius 2 is 1.75 bits per heavy atom. The predicted octanol–water partition coefficient (Wildman–Crippen LogP) is 4.38. The summed E-state index contributed by atoms with van der Waals surface area (Å²) in [7, 11) is 3.01. The van der Waals surface area contributed by atoms with E-state index in [1.54, 1.807) is 60.8 Å². The van der Waals surface area contributed by atoms with Crippen molar-refractivity contribution in [2.24, 2.45) is 0 Å². The Morgan fingerprint density at radius 3 is 2.38 bits per heavy atom. The van der Waals surface area contributed by atoms with Crippen molar-refractivity contribution in [1.29, 1.82) is 0 Å². The molecule has 0 bridgehead atoms. The molecule has 162 valence electrons. The lowest BCUT2D eigenvalue weighted by atomic mass is 9.95. The van der Waals surface area contributed by atoms with Crippen molar-refractivity contribution in [3.05, 3.63) is 88.7 Å². The normalized spacial score (nSPS) is 17.5. The van der Waals surface area contributed by atoms with E-state index in [1.807, 2.05) is 0 Å². The number of hydrogen-bond donors (Lipinski definition) is 1. The van der Waals surface area contributed by atoms with E-state index in [-0.39, 0.29) is 11.3 Å². The first kappa shape index (κ1) is 21.4. The van der Waals surface area contributed by atoms with Crippen LogP contribution in [0.1, 0.15) is 17.2 Å². The fourth-order valence-corrected chi connectivity index (χ4v) is 3.82. The summed E-state index contributed by atoms with van der Waals surface area (Å²) in [5, 5.41) is 11.6. The van der Waals surface area contributed by atoms with Gasteiger partial charge >= 0.3 is 0 Å². The van der Waals surface area contributed by atoms with E-state index in [9.17, 15) is 14.7 Å². The van der Waals surface area contributed by atoms with Crippen molar-refractivity contribution in [1.82, 2.24) is 4.98 Å². The Morgan fingerprint density at radius 1 is 1.03 bits per heavy atom. The number of carbonyl (C=O) groups excluding carboxylic acids is 2. The topological polar surface area (TPSA) is 89.0 Å². The van der Waals surface area contributed by atoms with Crippen molar-refractivity contribution in [3.63, 3.8) is 0 Å². The average molecular weight is 451 g/mol. The van der Waals surface area contributed by atoms with Gasteiger partial charge in [0.15, 0.2) is 11.5 Å². The number of nitrogens with zero attached hydrogens (tertiary/aromatic N) is 2. The zero-order valence-corrected chi connectivity index (χ0v) is 18.0. The number of halogens is 1. The summed E-state index contributed by atoms with van der Waals surface area (Å²) in [6, 6.07) is 13.9. The molecular weight excluding hydrogens is 432 g/mol. The zero-order valence-electron chi connectivity index (χ0n) is 17.3. The second kappa shape index (κ2) is 8.72. The number of anilines is 1. The monoisotopic (exact) mass is 450 g/mol. The number of aromatic nitrogens is 1. The van der Waals surface area contributed by atoms with Crippen LogP contribution in [0.4, 0.5) is 5.69 Å². The Hall–Kier alpha value is -3.84. The highest BCUT2D eigenvalue weighted by molar-refractivity contribution is 6.51. The highest BCUT2D eigenvalue weighted by Crippen LogP contribution is 2.43. The first-order chi connectivity index (χ1) is 15.5. The summed E-state index contributed by atoms with van der Waals surface area (Å²) in [4.78, 5) is 31.6. The highest BCUT2D eigenvalue weighted by atomic mass is 35.5. The molecule has 1 atom stereocenters. The molecule has 1 aromatic heterocycles. The van der Waals surface area contributed by atoms with Crippen molar-refractivity contribution >= 4 is 34.7 Å². The van der Waals surface area contributed by atoms with Gasteiger partial charge in [0.1, 0.15) is 5.76 Å². The van der Waals surface area contributed by atoms with Crippen LogP contribution in [0.2, 0.25) is 5.02 Å². The number of Topliss-reactive ketones (excluding diaryl/α,β-unsaturated/α-hetero) is 1. The molecule has 1 fully saturated rings. The number of aliphatic hydroxyl groups is 1. The molecule has 2 aromatic carbocycles. The summed E-state index contributed by atoms with van der Waals surface area (Å²) in [5.41, 5.74) is 1.29. The van der Waals surface area contributed by atoms with Crippen LogP contribution in [-0.4, -0.2) is 36.0 Å². The molecule has 8 heteroatoms. The molecule has 0 spiro atoms. The minimum Gasteiger partial charge on any atom is -0.507 e. The number of methoxy groups -OCH3 is 2. The molecule has 1 unspecified atom stereocenters. The Labute approximate surface area is 189 Å². The standard InChI is InChI=1S/C24H19ClN2O5/c1-31-18-10-7-15(12-19(18)32-2)21-20(22(28)14-5-8-16(25)9-6-14)23(29)24(30)27(21)17-4-3-11-26-13-17/h3-13,21,28H,1-2H3/b22-20-. The van der Waals surface area contributed by atoms with Crippen molar-refractivity contribution < 1.29 is 24.2 Å². The number of pyridine rings is 1. The number of rotatable bonds is 5. The second-order valence-electron chi connectivity index (χ2n) is 7.00. The van der Waals surface area contributed by atoms with Gasteiger partial charge in [-0.15, -0.1) is 0 Å². The molecule has 4 rings (SSSR count). The number of ketones is 1. The molecule has 32 heavy (non-hydrogen) atoms. The molecule has 1 amide bonds. The third-order valence-corrected chi connectivity index (χ3v) is 5.46. The van der Waals surface area contributed by atoms with Gasteiger partial charge in [0, 0.05) is 16.8 Å². The molecular formula is C24H19ClN2O5. The first-order valence-corrected chi connectivity index (χ1v) is 10.0. The van der Waals surface area contributed by atoms with Gasteiger partial charge in [0.2, 0.25) is 0 Å². The zero-order chi connectivity index (χ0) is 22.8. The fraction of sp³-hybridized carbons (Fsp3) is 0.125. The maximum Gasteiger partial charge on any atom is 0.300 e. The molecule has 1 saturated heterocycles. The number of amides is 1. The summed E-state index contributed by atoms with van der Waals surface area (Å²) in [5.74, 6) is -0.957. The smallest absolute Gasteiger partial charge is 0.300 e. The van der Waals surface area contributed by atoms with Crippen LogP contribution in [0.5, 0.6) is 11.5 Å². The van der Waals surface area contributed by atoms with Crippen LogP contribution in [0.15, 0.2) is 72.6 Å². The lowest BCUT2D eigenvalue weighted by Crippen LogP contribution is -2.29. The van der Waals surface area contributed by atoms with Crippen LogP contribution in [0, 0.1) is 0 Å². The number of aliphatic hydroxyl groups excluding tert-OH is 1. The summed E-state index contributed by atoms with van der Waals surface area (Å²) in [6.45, 7) is 0. The van der Waals surface area contributed by atoms with Crippen LogP contribution >= 0.6 is 11.6 Å². The quantitative estimate of drug-likeness (QED) is 0.352. The van der Waals surface area contributed by atoms with Gasteiger partial charge in [0.05, 0.1) is 37.7 Å². The van der Waals surface area contributed by atoms with Crippen molar-refractivity contribution in [2.45, 2.75) is 6.04 Å². The summed E-state index contributed by atoms with van der Waals surface area (Å²) < 4.78 is 10.7. The Bertz CT molecular complexity index is 1210. The van der Waals surface area contributed by atoms with E-state index < -0.39 is 17.7 Å². The molecule has 3 aromatic rings. The third kappa shape index (κ3) is 3.67. The van der Waals surface area contributed by atoms with E-state index in [4.69, 9.17) is 21.1 Å². The molecule has 7 nitrogen and oxygen atoms in total. The molecule has 0 radical (unpaired) electrons. The second-order valence-corrected chi connectivity index (χ2v) is 7.44. The Balaban J connectivity index is 1.96. The predicted molar refractivity (Wildman–Crippen MR) is 120 cm³/mol. The van der Waals surface area contributed by atoms with Crippen LogP contribution in [0.3, 0.4) is 0 Å². The Kier molecular flexibility index (Phi) is 5.83. The number of carbonyl (C=O) groups is 2. The first-order valence-electron chi connectivity index (χ1n) is 9.65. The van der Waals surface area contributed by atoms with E-state index in [0.717, 1.165) is 0 Å². The van der Waals surface area contributed by atoms with Crippen LogP contribution in [-0.2, 0) is 9.59 Å². The minimum absolute atomic E-state index is 0.0478. The van der Waals surface area contributed by atoms with Gasteiger partial charge in [-0.05, 0) is 54.1 Å². The maximum absolute atomic E-state index is 13.1. The van der Waals surface area contributed by atoms with Gasteiger partial charge in [-0.3, -0.25) is 19.5 Å². The summed E-state index contributed by atoms with van der Waals surface area (Å²) >= 11 is 5.96. The van der Waals surface area contributed by atoms with Gasteiger partial charge in [-0.1, -0.05) is 17.7 Å². The minimum atomic E-state index is -0.908. The van der Waals surface area contributed by atoms with E-state index >= 15 is 0 Å². The average Bonchev–Trinajstić information content (AvgIpc) is 3.09. The largest absolute Gasteiger partial charge is 0.507 e. The molecule has 0 aliphatic carbocycles. The lowest BCUT2D eigenvalue weighted by Gasteiger charge is -2.25. The number of ether oxygens (including phenoxy) is 2. The summed E-state index contributed by atoms with van der Waals surface area (Å²) in [6.07, 6.45) is 3.06. The van der Waals surface area contributed by atoms with Gasteiger partial charge < -0.3 is 14.6 Å². The molecule has 1 N–H and O–H groups in total. The number of benzene rings is 2. The van der Waals surface area contributed by atoms with Crippen molar-refractivity contribution in [2.75, 3.05) is 19.1 Å². The third-order valence-electron chi connectivity index (χ3n) is 5.21. The van der Waals surface area contributed by atoms with Gasteiger partial charge in [-0.2, -0.15) is 0 Å². The van der Waals surface area contributed by atoms with Crippen molar-refractivity contribution in [3.8, 4) is 11.5 Å². The van der Waals surface area contributed by atoms with Crippen LogP contribution < -0.4 is 14.4 Å². The van der Waals surface area contributed by atoms with Crippen LogP contribution in [0.25, 0.3) is 5.76 Å². The van der Waals surface area contributed by atoms with E-state index in [1.165, 1.54) is 25.3 Å². The molecule has 0 saturated carbocycles. The lowest BCUT2D eigenvalue weighted by molar-refractivity contribution is -0.132.